The molecule has 0 spiro atoms. The molecule has 4 unspecified atom stereocenters. The van der Waals surface area contributed by atoms with Crippen molar-refractivity contribution in [2.45, 2.75) is 49.8 Å². The maximum absolute atomic E-state index is 6.39. The normalized spacial score (nSPS) is 28.0. The Labute approximate surface area is 121 Å². The lowest BCUT2D eigenvalue weighted by molar-refractivity contribution is 0.167. The van der Waals surface area contributed by atoms with E-state index in [0.29, 0.717) is 16.5 Å². The molecule has 19 heavy (non-hydrogen) atoms. The third kappa shape index (κ3) is 3.71. The zero-order valence-electron chi connectivity index (χ0n) is 12.1. The molecule has 2 heterocycles. The van der Waals surface area contributed by atoms with Crippen LogP contribution in [0.5, 0.6) is 0 Å². The molecule has 1 aromatic heterocycles. The Kier molecular flexibility index (Phi) is 5.25. The van der Waals surface area contributed by atoms with E-state index in [1.54, 1.807) is 0 Å². The number of nitrogens with zero attached hydrogens (tertiary/aromatic N) is 2. The van der Waals surface area contributed by atoms with Gasteiger partial charge in [-0.1, -0.05) is 26.8 Å². The van der Waals surface area contributed by atoms with Crippen LogP contribution < -0.4 is 5.73 Å². The smallest absolute Gasteiger partial charge is 0.0515 e. The molecule has 0 bridgehead atoms. The van der Waals surface area contributed by atoms with Gasteiger partial charge in [-0.2, -0.15) is 11.8 Å². The molecule has 4 atom stereocenters. The van der Waals surface area contributed by atoms with Gasteiger partial charge in [0.05, 0.1) is 6.04 Å². The van der Waals surface area contributed by atoms with E-state index < -0.39 is 0 Å². The maximum Gasteiger partial charge on any atom is 0.0515 e. The second-order valence-electron chi connectivity index (χ2n) is 5.51. The summed E-state index contributed by atoms with van der Waals surface area (Å²) in [6.07, 6.45) is 4.79. The fourth-order valence-corrected chi connectivity index (χ4v) is 4.30. The van der Waals surface area contributed by atoms with Crippen LogP contribution in [0.15, 0.2) is 24.5 Å². The van der Waals surface area contributed by atoms with Gasteiger partial charge in [-0.3, -0.25) is 9.88 Å². The molecular formula is C15H25N3S. The molecule has 4 heteroatoms. The van der Waals surface area contributed by atoms with Gasteiger partial charge in [-0.15, -0.1) is 0 Å². The number of aromatic nitrogens is 1. The van der Waals surface area contributed by atoms with Crippen molar-refractivity contribution >= 4 is 11.8 Å². The SMILES string of the molecule is CCC(N)C(c1cccnc1)N1CC(C)SC(C)C1. The predicted molar refractivity (Wildman–Crippen MR) is 83.3 cm³/mol. The standard InChI is InChI=1S/C15H25N3S/c1-4-14(16)15(13-6-5-7-17-8-13)18-9-11(2)19-12(3)10-18/h5-8,11-12,14-15H,4,9-10,16H2,1-3H3. The molecule has 0 saturated carbocycles. The average Bonchev–Trinajstić information content (AvgIpc) is 2.39. The van der Waals surface area contributed by atoms with E-state index in [0.717, 1.165) is 19.5 Å². The van der Waals surface area contributed by atoms with Crippen LogP contribution >= 0.6 is 11.8 Å². The average molecular weight is 279 g/mol. The van der Waals surface area contributed by atoms with Gasteiger partial charge in [0, 0.05) is 42.0 Å². The highest BCUT2D eigenvalue weighted by Crippen LogP contribution is 2.32. The van der Waals surface area contributed by atoms with Gasteiger partial charge < -0.3 is 5.73 Å². The Bertz CT molecular complexity index is 374. The van der Waals surface area contributed by atoms with E-state index in [9.17, 15) is 0 Å². The zero-order valence-corrected chi connectivity index (χ0v) is 12.9. The van der Waals surface area contributed by atoms with Crippen LogP contribution in [0.4, 0.5) is 0 Å². The van der Waals surface area contributed by atoms with Gasteiger partial charge in [0.1, 0.15) is 0 Å². The lowest BCUT2D eigenvalue weighted by Crippen LogP contribution is -2.48. The summed E-state index contributed by atoms with van der Waals surface area (Å²) in [5, 5.41) is 1.35. The molecule has 0 aromatic carbocycles. The number of pyridine rings is 1. The summed E-state index contributed by atoms with van der Waals surface area (Å²) in [6, 6.07) is 4.64. The van der Waals surface area contributed by atoms with Gasteiger partial charge in [0.2, 0.25) is 0 Å². The molecule has 2 N–H and O–H groups in total. The summed E-state index contributed by atoms with van der Waals surface area (Å²) < 4.78 is 0. The summed E-state index contributed by atoms with van der Waals surface area (Å²) in [4.78, 5) is 6.82. The lowest BCUT2D eigenvalue weighted by Gasteiger charge is -2.42. The number of hydrogen-bond donors (Lipinski definition) is 1. The summed E-state index contributed by atoms with van der Waals surface area (Å²) in [6.45, 7) is 9.01. The summed E-state index contributed by atoms with van der Waals surface area (Å²) in [5.74, 6) is 0. The molecule has 0 aliphatic carbocycles. The van der Waals surface area contributed by atoms with Crippen LogP contribution in [0.1, 0.15) is 38.8 Å². The van der Waals surface area contributed by atoms with Crippen LogP contribution in [0, 0.1) is 0 Å². The minimum Gasteiger partial charge on any atom is -0.326 e. The van der Waals surface area contributed by atoms with Crippen molar-refractivity contribution in [3.05, 3.63) is 30.1 Å². The van der Waals surface area contributed by atoms with Gasteiger partial charge in [0.25, 0.3) is 0 Å². The number of thioether (sulfide) groups is 1. The van der Waals surface area contributed by atoms with Crippen LogP contribution in [0.2, 0.25) is 0 Å². The summed E-state index contributed by atoms with van der Waals surface area (Å²) in [7, 11) is 0. The molecule has 0 amide bonds. The van der Waals surface area contributed by atoms with E-state index in [1.165, 1.54) is 5.56 Å². The highest BCUT2D eigenvalue weighted by molar-refractivity contribution is 8.00. The van der Waals surface area contributed by atoms with Crippen LogP contribution in [-0.2, 0) is 0 Å². The molecule has 3 nitrogen and oxygen atoms in total. The summed E-state index contributed by atoms with van der Waals surface area (Å²) in [5.41, 5.74) is 7.65. The first-order chi connectivity index (χ1) is 9.11. The Morgan fingerprint density at radius 1 is 1.42 bits per heavy atom. The van der Waals surface area contributed by atoms with E-state index in [-0.39, 0.29) is 6.04 Å². The van der Waals surface area contributed by atoms with E-state index in [2.05, 4.69) is 48.5 Å². The largest absolute Gasteiger partial charge is 0.326 e. The van der Waals surface area contributed by atoms with E-state index in [1.807, 2.05) is 18.5 Å². The van der Waals surface area contributed by atoms with E-state index >= 15 is 0 Å². The monoisotopic (exact) mass is 279 g/mol. The molecule has 2 rings (SSSR count). The molecule has 1 fully saturated rings. The minimum atomic E-state index is 0.173. The minimum absolute atomic E-state index is 0.173. The molecule has 1 aromatic rings. The maximum atomic E-state index is 6.39. The van der Waals surface area contributed by atoms with E-state index in [4.69, 9.17) is 5.73 Å². The van der Waals surface area contributed by atoms with Gasteiger partial charge in [0.15, 0.2) is 0 Å². The number of nitrogens with two attached hydrogens (primary N) is 1. The van der Waals surface area contributed by atoms with Crippen LogP contribution in [0.25, 0.3) is 0 Å². The summed E-state index contributed by atoms with van der Waals surface area (Å²) >= 11 is 2.08. The highest BCUT2D eigenvalue weighted by atomic mass is 32.2. The van der Waals surface area contributed by atoms with Crippen LogP contribution in [-0.4, -0.2) is 39.5 Å². The third-order valence-corrected chi connectivity index (χ3v) is 4.97. The van der Waals surface area contributed by atoms with Crippen LogP contribution in [0.3, 0.4) is 0 Å². The molecule has 1 aliphatic rings. The second-order valence-corrected chi connectivity index (χ2v) is 7.40. The fourth-order valence-electron chi connectivity index (χ4n) is 2.95. The quantitative estimate of drug-likeness (QED) is 0.920. The van der Waals surface area contributed by atoms with Crippen molar-refractivity contribution in [3.63, 3.8) is 0 Å². The number of rotatable bonds is 4. The van der Waals surface area contributed by atoms with Crippen molar-refractivity contribution < 1.29 is 0 Å². The van der Waals surface area contributed by atoms with Gasteiger partial charge >= 0.3 is 0 Å². The highest BCUT2D eigenvalue weighted by Gasteiger charge is 2.31. The third-order valence-electron chi connectivity index (χ3n) is 3.74. The Morgan fingerprint density at radius 2 is 2.11 bits per heavy atom. The van der Waals surface area contributed by atoms with Crippen molar-refractivity contribution in [3.8, 4) is 0 Å². The first kappa shape index (κ1) is 14.8. The zero-order chi connectivity index (χ0) is 13.8. The topological polar surface area (TPSA) is 42.1 Å². The Hall–Kier alpha value is -0.580. The fraction of sp³-hybridized carbons (Fsp3) is 0.667. The Balaban J connectivity index is 2.23. The molecule has 1 aliphatic heterocycles. The van der Waals surface area contributed by atoms with Crippen molar-refractivity contribution in [1.82, 2.24) is 9.88 Å². The van der Waals surface area contributed by atoms with Gasteiger partial charge in [-0.05, 0) is 18.1 Å². The molecule has 1 saturated heterocycles. The predicted octanol–water partition coefficient (Wildman–Crippen LogP) is 2.69. The van der Waals surface area contributed by atoms with Gasteiger partial charge in [-0.25, -0.2) is 0 Å². The lowest BCUT2D eigenvalue weighted by atomic mass is 9.97. The van der Waals surface area contributed by atoms with Crippen molar-refractivity contribution in [1.29, 1.82) is 0 Å². The molecular weight excluding hydrogens is 254 g/mol. The molecule has 0 radical (unpaired) electrons. The van der Waals surface area contributed by atoms with Crippen molar-refractivity contribution in [2.75, 3.05) is 13.1 Å². The Morgan fingerprint density at radius 3 is 2.63 bits per heavy atom. The molecule has 106 valence electrons. The first-order valence-corrected chi connectivity index (χ1v) is 8.11. The van der Waals surface area contributed by atoms with Crippen molar-refractivity contribution in [2.24, 2.45) is 5.73 Å². The first-order valence-electron chi connectivity index (χ1n) is 7.16. The number of hydrogen-bond acceptors (Lipinski definition) is 4. The second kappa shape index (κ2) is 6.73.